The topological polar surface area (TPSA) is 89.1 Å². The van der Waals surface area contributed by atoms with Crippen molar-refractivity contribution in [3.05, 3.63) is 36.0 Å². The lowest BCUT2D eigenvalue weighted by Gasteiger charge is -2.04. The van der Waals surface area contributed by atoms with Gasteiger partial charge in [-0.25, -0.2) is 14.8 Å². The fraction of sp³-hybridized carbons (Fsp3) is 0.0833. The second kappa shape index (κ2) is 5.05. The van der Waals surface area contributed by atoms with Crippen LogP contribution in [0.4, 0.5) is 5.82 Å². The largest absolute Gasteiger partial charge is 0.477 e. The fourth-order valence-electron chi connectivity index (χ4n) is 1.44. The standard InChI is InChI=1S/C12H11N3O2S/c1-18-8-4-2-7(3-5-8)11-14-6-9(12(16)17)10(13)15-11/h2-6H,1H3,(H,16,17)(H2,13,14,15). The molecule has 1 aromatic heterocycles. The van der Waals surface area contributed by atoms with E-state index in [-0.39, 0.29) is 11.4 Å². The number of anilines is 1. The zero-order valence-corrected chi connectivity index (χ0v) is 10.4. The Morgan fingerprint density at radius 2 is 2.00 bits per heavy atom. The van der Waals surface area contributed by atoms with Gasteiger partial charge in [-0.2, -0.15) is 0 Å². The molecule has 0 aliphatic heterocycles. The zero-order chi connectivity index (χ0) is 13.1. The van der Waals surface area contributed by atoms with Gasteiger partial charge >= 0.3 is 5.97 Å². The first-order chi connectivity index (χ1) is 8.61. The number of carboxylic acid groups (broad SMARTS) is 1. The van der Waals surface area contributed by atoms with Crippen LogP contribution in [0, 0.1) is 0 Å². The van der Waals surface area contributed by atoms with Crippen molar-refractivity contribution in [1.29, 1.82) is 0 Å². The van der Waals surface area contributed by atoms with E-state index in [2.05, 4.69) is 9.97 Å². The fourth-order valence-corrected chi connectivity index (χ4v) is 1.85. The normalized spacial score (nSPS) is 10.3. The molecule has 6 heteroatoms. The Morgan fingerprint density at radius 1 is 1.33 bits per heavy atom. The van der Waals surface area contributed by atoms with E-state index in [0.29, 0.717) is 5.82 Å². The third kappa shape index (κ3) is 2.43. The molecule has 3 N–H and O–H groups in total. The van der Waals surface area contributed by atoms with Crippen LogP contribution in [0.25, 0.3) is 11.4 Å². The van der Waals surface area contributed by atoms with E-state index in [1.54, 1.807) is 11.8 Å². The number of aromatic nitrogens is 2. The maximum absolute atomic E-state index is 10.8. The third-order valence-corrected chi connectivity index (χ3v) is 3.14. The van der Waals surface area contributed by atoms with Crippen molar-refractivity contribution in [3.63, 3.8) is 0 Å². The molecule has 0 spiro atoms. The summed E-state index contributed by atoms with van der Waals surface area (Å²) in [6.45, 7) is 0. The number of carboxylic acids is 1. The minimum absolute atomic E-state index is 0.0264. The summed E-state index contributed by atoms with van der Waals surface area (Å²) in [4.78, 5) is 19.9. The van der Waals surface area contributed by atoms with Crippen LogP contribution in [0.3, 0.4) is 0 Å². The lowest BCUT2D eigenvalue weighted by molar-refractivity contribution is 0.0697. The highest BCUT2D eigenvalue weighted by molar-refractivity contribution is 7.98. The van der Waals surface area contributed by atoms with Gasteiger partial charge in [0.15, 0.2) is 5.82 Å². The van der Waals surface area contributed by atoms with Crippen LogP contribution in [0.1, 0.15) is 10.4 Å². The number of nitrogens with two attached hydrogens (primary N) is 1. The maximum Gasteiger partial charge on any atom is 0.341 e. The molecule has 2 rings (SSSR count). The molecule has 1 aromatic carbocycles. The third-order valence-electron chi connectivity index (χ3n) is 2.40. The summed E-state index contributed by atoms with van der Waals surface area (Å²) in [6, 6.07) is 7.65. The van der Waals surface area contributed by atoms with Gasteiger partial charge in [-0.1, -0.05) is 12.1 Å². The molecule has 5 nitrogen and oxygen atoms in total. The average Bonchev–Trinajstić information content (AvgIpc) is 2.38. The number of thioether (sulfide) groups is 1. The predicted octanol–water partition coefficient (Wildman–Crippen LogP) is 2.15. The van der Waals surface area contributed by atoms with Gasteiger partial charge in [0.05, 0.1) is 0 Å². The van der Waals surface area contributed by atoms with Crippen molar-refractivity contribution in [2.75, 3.05) is 12.0 Å². The van der Waals surface area contributed by atoms with Gasteiger partial charge in [0, 0.05) is 16.7 Å². The average molecular weight is 261 g/mol. The van der Waals surface area contributed by atoms with Gasteiger partial charge in [-0.05, 0) is 18.4 Å². The number of rotatable bonds is 3. The smallest absolute Gasteiger partial charge is 0.341 e. The van der Waals surface area contributed by atoms with E-state index in [4.69, 9.17) is 10.8 Å². The molecule has 2 aromatic rings. The number of nitrogen functional groups attached to an aromatic ring is 1. The summed E-state index contributed by atoms with van der Waals surface area (Å²) in [6.07, 6.45) is 3.22. The summed E-state index contributed by atoms with van der Waals surface area (Å²) in [5.41, 5.74) is 6.30. The van der Waals surface area contributed by atoms with Crippen molar-refractivity contribution in [3.8, 4) is 11.4 Å². The molecule has 18 heavy (non-hydrogen) atoms. The van der Waals surface area contributed by atoms with Crippen molar-refractivity contribution in [2.45, 2.75) is 4.90 Å². The van der Waals surface area contributed by atoms with Gasteiger partial charge < -0.3 is 10.8 Å². The second-order valence-electron chi connectivity index (χ2n) is 3.53. The highest BCUT2D eigenvalue weighted by atomic mass is 32.2. The van der Waals surface area contributed by atoms with Crippen molar-refractivity contribution >= 4 is 23.5 Å². The van der Waals surface area contributed by atoms with Crippen LogP contribution in [-0.4, -0.2) is 27.3 Å². The molecular weight excluding hydrogens is 250 g/mol. The summed E-state index contributed by atoms with van der Waals surface area (Å²) in [5, 5.41) is 8.83. The molecular formula is C12H11N3O2S. The molecule has 92 valence electrons. The molecule has 0 aliphatic carbocycles. The summed E-state index contributed by atoms with van der Waals surface area (Å²) >= 11 is 1.64. The van der Waals surface area contributed by atoms with Gasteiger partial charge in [-0.15, -0.1) is 11.8 Å². The quantitative estimate of drug-likeness (QED) is 0.823. The van der Waals surface area contributed by atoms with Gasteiger partial charge in [0.25, 0.3) is 0 Å². The molecule has 0 atom stereocenters. The summed E-state index contributed by atoms with van der Waals surface area (Å²) in [7, 11) is 0. The lowest BCUT2D eigenvalue weighted by atomic mass is 10.2. The molecule has 0 fully saturated rings. The maximum atomic E-state index is 10.8. The number of carbonyl (C=O) groups is 1. The van der Waals surface area contributed by atoms with Crippen LogP contribution < -0.4 is 5.73 Å². The van der Waals surface area contributed by atoms with Gasteiger partial charge in [0.1, 0.15) is 11.4 Å². The first-order valence-electron chi connectivity index (χ1n) is 5.12. The highest BCUT2D eigenvalue weighted by Gasteiger charge is 2.11. The molecule has 0 saturated heterocycles. The summed E-state index contributed by atoms with van der Waals surface area (Å²) in [5.74, 6) is -0.733. The first kappa shape index (κ1) is 12.4. The Morgan fingerprint density at radius 3 is 2.50 bits per heavy atom. The molecule has 0 saturated carbocycles. The number of benzene rings is 1. The second-order valence-corrected chi connectivity index (χ2v) is 4.41. The van der Waals surface area contributed by atoms with Crippen molar-refractivity contribution in [1.82, 2.24) is 9.97 Å². The van der Waals surface area contributed by atoms with E-state index in [1.807, 2.05) is 30.5 Å². The van der Waals surface area contributed by atoms with Crippen molar-refractivity contribution < 1.29 is 9.90 Å². The van der Waals surface area contributed by atoms with Crippen LogP contribution in [-0.2, 0) is 0 Å². The highest BCUT2D eigenvalue weighted by Crippen LogP contribution is 2.21. The molecule has 0 unspecified atom stereocenters. The minimum Gasteiger partial charge on any atom is -0.477 e. The Balaban J connectivity index is 2.39. The molecule has 0 amide bonds. The molecule has 0 radical (unpaired) electrons. The van der Waals surface area contributed by atoms with Gasteiger partial charge in [0.2, 0.25) is 0 Å². The van der Waals surface area contributed by atoms with E-state index in [9.17, 15) is 4.79 Å². The summed E-state index contributed by atoms with van der Waals surface area (Å²) < 4.78 is 0. The van der Waals surface area contributed by atoms with Crippen LogP contribution in [0.2, 0.25) is 0 Å². The SMILES string of the molecule is CSc1ccc(-c2ncc(C(=O)O)c(N)n2)cc1. The van der Waals surface area contributed by atoms with Crippen LogP contribution in [0.5, 0.6) is 0 Å². The molecule has 1 heterocycles. The monoisotopic (exact) mass is 261 g/mol. The van der Waals surface area contributed by atoms with E-state index >= 15 is 0 Å². The number of aromatic carboxylic acids is 1. The van der Waals surface area contributed by atoms with Crippen LogP contribution >= 0.6 is 11.8 Å². The van der Waals surface area contributed by atoms with E-state index in [1.165, 1.54) is 6.20 Å². The lowest BCUT2D eigenvalue weighted by Crippen LogP contribution is -2.06. The number of hydrogen-bond donors (Lipinski definition) is 2. The zero-order valence-electron chi connectivity index (χ0n) is 9.62. The number of nitrogens with zero attached hydrogens (tertiary/aromatic N) is 2. The minimum atomic E-state index is -1.13. The number of hydrogen-bond acceptors (Lipinski definition) is 5. The Kier molecular flexibility index (Phi) is 3.47. The van der Waals surface area contributed by atoms with Crippen molar-refractivity contribution in [2.24, 2.45) is 0 Å². The molecule has 0 aliphatic rings. The molecule has 0 bridgehead atoms. The van der Waals surface area contributed by atoms with Crippen LogP contribution in [0.15, 0.2) is 35.4 Å². The van der Waals surface area contributed by atoms with E-state index < -0.39 is 5.97 Å². The Bertz CT molecular complexity index is 584. The first-order valence-corrected chi connectivity index (χ1v) is 6.34. The Labute approximate surface area is 108 Å². The van der Waals surface area contributed by atoms with E-state index in [0.717, 1.165) is 10.5 Å². The van der Waals surface area contributed by atoms with Gasteiger partial charge in [-0.3, -0.25) is 0 Å². The predicted molar refractivity (Wildman–Crippen MR) is 70.6 cm³/mol. The Hall–Kier alpha value is -2.08.